The number of methoxy groups -OCH3 is 1. The summed E-state index contributed by atoms with van der Waals surface area (Å²) in [5.41, 5.74) is 0.752. The Morgan fingerprint density at radius 2 is 2.11 bits per heavy atom. The van der Waals surface area contributed by atoms with E-state index in [2.05, 4.69) is 5.32 Å². The molecule has 0 heterocycles. The minimum Gasteiger partial charge on any atom is -0.494 e. The lowest BCUT2D eigenvalue weighted by molar-refractivity contribution is 0.386. The van der Waals surface area contributed by atoms with Crippen LogP contribution in [0, 0.1) is 5.82 Å². The maximum Gasteiger partial charge on any atom is 0.165 e. The van der Waals surface area contributed by atoms with Crippen LogP contribution >= 0.6 is 0 Å². The summed E-state index contributed by atoms with van der Waals surface area (Å²) in [6.07, 6.45) is 0. The van der Waals surface area contributed by atoms with Crippen molar-refractivity contribution in [3.05, 3.63) is 29.6 Å². The second-order valence-electron chi connectivity index (χ2n) is 3.88. The first-order chi connectivity index (χ1) is 8.48. The van der Waals surface area contributed by atoms with Crippen LogP contribution in [0.3, 0.4) is 0 Å². The van der Waals surface area contributed by atoms with E-state index in [-0.39, 0.29) is 17.3 Å². The van der Waals surface area contributed by atoms with Gasteiger partial charge in [-0.05, 0) is 17.7 Å². The molecule has 0 bridgehead atoms. The Morgan fingerprint density at radius 3 is 2.67 bits per heavy atom. The maximum absolute atomic E-state index is 13.4. The fraction of sp³-hybridized carbons (Fsp3) is 0.500. The molecule has 1 aromatic rings. The van der Waals surface area contributed by atoms with Gasteiger partial charge in [0.15, 0.2) is 21.4 Å². The molecule has 0 radical (unpaired) electrons. The van der Waals surface area contributed by atoms with E-state index in [0.29, 0.717) is 13.1 Å². The van der Waals surface area contributed by atoms with Gasteiger partial charge in [-0.25, -0.2) is 12.8 Å². The minimum absolute atomic E-state index is 0.0993. The van der Waals surface area contributed by atoms with Gasteiger partial charge in [0.2, 0.25) is 0 Å². The first-order valence-corrected chi connectivity index (χ1v) is 7.54. The second kappa shape index (κ2) is 6.70. The number of hydrogen-bond acceptors (Lipinski definition) is 4. The molecule has 0 aliphatic carbocycles. The third-order valence-electron chi connectivity index (χ3n) is 2.57. The van der Waals surface area contributed by atoms with Gasteiger partial charge in [-0.15, -0.1) is 0 Å². The molecule has 1 rings (SSSR count). The largest absolute Gasteiger partial charge is 0.494 e. The summed E-state index contributed by atoms with van der Waals surface area (Å²) < 4.78 is 40.6. The first-order valence-electron chi connectivity index (χ1n) is 5.72. The Hall–Kier alpha value is -1.14. The van der Waals surface area contributed by atoms with Gasteiger partial charge in [-0.1, -0.05) is 13.0 Å². The van der Waals surface area contributed by atoms with Crippen LogP contribution in [-0.2, 0) is 16.4 Å². The monoisotopic (exact) mass is 275 g/mol. The number of nitrogens with one attached hydrogen (secondary N) is 1. The number of halogens is 1. The van der Waals surface area contributed by atoms with E-state index < -0.39 is 15.7 Å². The first kappa shape index (κ1) is 14.9. The summed E-state index contributed by atoms with van der Waals surface area (Å²) in [4.78, 5) is 0. The maximum atomic E-state index is 13.4. The molecule has 0 aliphatic heterocycles. The van der Waals surface area contributed by atoms with E-state index in [1.54, 1.807) is 19.1 Å². The van der Waals surface area contributed by atoms with Crippen LogP contribution < -0.4 is 10.1 Å². The van der Waals surface area contributed by atoms with Crippen molar-refractivity contribution in [2.75, 3.05) is 25.2 Å². The van der Waals surface area contributed by atoms with Crippen LogP contribution in [0.5, 0.6) is 5.75 Å². The summed E-state index contributed by atoms with van der Waals surface area (Å²) in [6.45, 7) is 2.41. The fourth-order valence-corrected chi connectivity index (χ4v) is 2.17. The van der Waals surface area contributed by atoms with Crippen molar-refractivity contribution in [3.63, 3.8) is 0 Å². The van der Waals surface area contributed by atoms with Crippen LogP contribution in [0.1, 0.15) is 12.5 Å². The van der Waals surface area contributed by atoms with Gasteiger partial charge in [0.25, 0.3) is 0 Å². The Balaban J connectivity index is 2.43. The van der Waals surface area contributed by atoms with E-state index in [1.807, 2.05) is 0 Å². The fourth-order valence-electron chi connectivity index (χ4n) is 1.42. The molecule has 18 heavy (non-hydrogen) atoms. The SMILES string of the molecule is CCS(=O)(=O)CCNCc1ccc(OC)c(F)c1. The average Bonchev–Trinajstić information content (AvgIpc) is 2.35. The van der Waals surface area contributed by atoms with Crippen LogP contribution in [0.4, 0.5) is 4.39 Å². The second-order valence-corrected chi connectivity index (χ2v) is 6.35. The lowest BCUT2D eigenvalue weighted by Crippen LogP contribution is -2.23. The molecule has 0 saturated heterocycles. The van der Waals surface area contributed by atoms with Crippen molar-refractivity contribution >= 4 is 9.84 Å². The van der Waals surface area contributed by atoms with Crippen molar-refractivity contribution < 1.29 is 17.5 Å². The molecule has 1 N–H and O–H groups in total. The predicted octanol–water partition coefficient (Wildman–Crippen LogP) is 1.36. The van der Waals surface area contributed by atoms with Crippen molar-refractivity contribution in [3.8, 4) is 5.75 Å². The predicted molar refractivity (Wildman–Crippen MR) is 69.0 cm³/mol. The van der Waals surface area contributed by atoms with Gasteiger partial charge < -0.3 is 10.1 Å². The normalized spacial score (nSPS) is 11.5. The number of sulfone groups is 1. The van der Waals surface area contributed by atoms with E-state index in [9.17, 15) is 12.8 Å². The van der Waals surface area contributed by atoms with Crippen LogP contribution in [0.2, 0.25) is 0 Å². The third-order valence-corrected chi connectivity index (χ3v) is 4.28. The van der Waals surface area contributed by atoms with Crippen molar-refractivity contribution in [1.29, 1.82) is 0 Å². The number of rotatable bonds is 7. The van der Waals surface area contributed by atoms with Gasteiger partial charge >= 0.3 is 0 Å². The number of benzene rings is 1. The molecule has 0 aliphatic rings. The van der Waals surface area contributed by atoms with Gasteiger partial charge in [-0.2, -0.15) is 0 Å². The molecule has 102 valence electrons. The molecule has 0 spiro atoms. The molecule has 0 amide bonds. The Bertz CT molecular complexity index is 488. The average molecular weight is 275 g/mol. The molecular weight excluding hydrogens is 257 g/mol. The summed E-state index contributed by atoms with van der Waals surface area (Å²) in [5.74, 6) is 0.0267. The van der Waals surface area contributed by atoms with Crippen molar-refractivity contribution in [2.24, 2.45) is 0 Å². The van der Waals surface area contributed by atoms with Crippen LogP contribution in [0.15, 0.2) is 18.2 Å². The zero-order chi connectivity index (χ0) is 13.6. The lowest BCUT2D eigenvalue weighted by Gasteiger charge is -2.07. The molecule has 0 saturated carbocycles. The molecule has 0 unspecified atom stereocenters. The summed E-state index contributed by atoms with van der Waals surface area (Å²) in [7, 11) is -1.54. The highest BCUT2D eigenvalue weighted by Crippen LogP contribution is 2.17. The topological polar surface area (TPSA) is 55.4 Å². The summed E-state index contributed by atoms with van der Waals surface area (Å²) >= 11 is 0. The van der Waals surface area contributed by atoms with E-state index in [4.69, 9.17) is 4.74 Å². The Kier molecular flexibility index (Phi) is 5.55. The van der Waals surface area contributed by atoms with E-state index in [0.717, 1.165) is 5.56 Å². The highest BCUT2D eigenvalue weighted by atomic mass is 32.2. The van der Waals surface area contributed by atoms with Gasteiger partial charge in [-0.3, -0.25) is 0 Å². The smallest absolute Gasteiger partial charge is 0.165 e. The molecule has 1 aromatic carbocycles. The Labute approximate surface area is 107 Å². The van der Waals surface area contributed by atoms with Crippen LogP contribution in [-0.4, -0.2) is 33.6 Å². The highest BCUT2D eigenvalue weighted by molar-refractivity contribution is 7.91. The van der Waals surface area contributed by atoms with Gasteiger partial charge in [0, 0.05) is 18.8 Å². The van der Waals surface area contributed by atoms with Gasteiger partial charge in [0.05, 0.1) is 12.9 Å². The lowest BCUT2D eigenvalue weighted by atomic mass is 10.2. The molecule has 6 heteroatoms. The zero-order valence-corrected chi connectivity index (χ0v) is 11.4. The van der Waals surface area contributed by atoms with E-state index >= 15 is 0 Å². The number of hydrogen-bond donors (Lipinski definition) is 1. The quantitative estimate of drug-likeness (QED) is 0.763. The van der Waals surface area contributed by atoms with E-state index in [1.165, 1.54) is 13.2 Å². The zero-order valence-electron chi connectivity index (χ0n) is 10.6. The summed E-state index contributed by atoms with van der Waals surface area (Å²) in [6, 6.07) is 4.67. The van der Waals surface area contributed by atoms with Crippen molar-refractivity contribution in [2.45, 2.75) is 13.5 Å². The van der Waals surface area contributed by atoms with Crippen molar-refractivity contribution in [1.82, 2.24) is 5.32 Å². The Morgan fingerprint density at radius 1 is 1.39 bits per heavy atom. The molecule has 0 fully saturated rings. The molecule has 0 atom stereocenters. The minimum atomic E-state index is -2.95. The highest BCUT2D eigenvalue weighted by Gasteiger charge is 2.07. The molecular formula is C12H18FNO3S. The van der Waals surface area contributed by atoms with Gasteiger partial charge in [0.1, 0.15) is 0 Å². The molecule has 0 aromatic heterocycles. The number of ether oxygens (including phenoxy) is 1. The molecule has 4 nitrogen and oxygen atoms in total. The third kappa shape index (κ3) is 4.62. The summed E-state index contributed by atoms with van der Waals surface area (Å²) in [5, 5.41) is 2.97. The van der Waals surface area contributed by atoms with Crippen LogP contribution in [0.25, 0.3) is 0 Å². The standard InChI is InChI=1S/C12H18FNO3S/c1-3-18(15,16)7-6-14-9-10-4-5-12(17-2)11(13)8-10/h4-5,8,14H,3,6-7,9H2,1-2H3.